The van der Waals surface area contributed by atoms with Gasteiger partial charge in [0.25, 0.3) is 0 Å². The smallest absolute Gasteiger partial charge is 0.358 e. The van der Waals surface area contributed by atoms with Crippen LogP contribution in [0.4, 0.5) is 0 Å². The monoisotopic (exact) mass is 283 g/mol. The minimum atomic E-state index is -0.520. The molecule has 2 heterocycles. The first-order valence-electron chi connectivity index (χ1n) is 6.46. The number of esters is 1. The molecule has 3 aromatic rings. The fraction of sp³-hybridized carbons (Fsp3) is 0.200. The Morgan fingerprint density at radius 2 is 2.00 bits per heavy atom. The standard InChI is InChI=1S/C15H13N3O3/c1-9-11(10(2)21-18-9)8-20-15(19)14-7-16-12-5-3-4-6-13(12)17-14/h3-7H,8H2,1-2H3. The number of para-hydroxylation sites is 2. The zero-order valence-corrected chi connectivity index (χ0v) is 11.7. The summed E-state index contributed by atoms with van der Waals surface area (Å²) in [5.74, 6) is 0.123. The van der Waals surface area contributed by atoms with E-state index in [1.54, 1.807) is 19.9 Å². The van der Waals surface area contributed by atoms with Crippen molar-refractivity contribution in [3.63, 3.8) is 0 Å². The molecule has 1 aromatic carbocycles. The number of hydrogen-bond donors (Lipinski definition) is 0. The van der Waals surface area contributed by atoms with Crippen molar-refractivity contribution in [2.24, 2.45) is 0 Å². The molecule has 0 bridgehead atoms. The first-order valence-corrected chi connectivity index (χ1v) is 6.46. The van der Waals surface area contributed by atoms with Gasteiger partial charge in [-0.15, -0.1) is 0 Å². The van der Waals surface area contributed by atoms with Gasteiger partial charge in [-0.25, -0.2) is 9.78 Å². The van der Waals surface area contributed by atoms with Crippen molar-refractivity contribution in [1.82, 2.24) is 15.1 Å². The summed E-state index contributed by atoms with van der Waals surface area (Å²) >= 11 is 0. The van der Waals surface area contributed by atoms with Gasteiger partial charge < -0.3 is 9.26 Å². The van der Waals surface area contributed by atoms with Crippen molar-refractivity contribution in [3.8, 4) is 0 Å². The number of nitrogens with zero attached hydrogens (tertiary/aromatic N) is 3. The molecular weight excluding hydrogens is 270 g/mol. The number of aromatic nitrogens is 3. The first-order chi connectivity index (χ1) is 10.1. The van der Waals surface area contributed by atoms with Crippen molar-refractivity contribution in [1.29, 1.82) is 0 Å². The molecule has 106 valence electrons. The zero-order valence-electron chi connectivity index (χ0n) is 11.7. The van der Waals surface area contributed by atoms with E-state index in [0.717, 1.165) is 11.1 Å². The number of ether oxygens (including phenoxy) is 1. The van der Waals surface area contributed by atoms with Crippen LogP contribution in [0.5, 0.6) is 0 Å². The second kappa shape index (κ2) is 5.32. The molecule has 0 amide bonds. The van der Waals surface area contributed by atoms with E-state index in [0.29, 0.717) is 17.0 Å². The quantitative estimate of drug-likeness (QED) is 0.687. The molecule has 6 heteroatoms. The molecule has 0 atom stereocenters. The summed E-state index contributed by atoms with van der Waals surface area (Å²) in [7, 11) is 0. The summed E-state index contributed by atoms with van der Waals surface area (Å²) in [5, 5.41) is 3.81. The average Bonchev–Trinajstić information content (AvgIpc) is 2.83. The molecule has 21 heavy (non-hydrogen) atoms. The van der Waals surface area contributed by atoms with Gasteiger partial charge >= 0.3 is 5.97 Å². The maximum Gasteiger partial charge on any atom is 0.358 e. The largest absolute Gasteiger partial charge is 0.456 e. The molecule has 3 rings (SSSR count). The third-order valence-corrected chi connectivity index (χ3v) is 3.19. The Morgan fingerprint density at radius 1 is 1.24 bits per heavy atom. The Balaban J connectivity index is 1.78. The minimum absolute atomic E-state index is 0.106. The van der Waals surface area contributed by atoms with Crippen molar-refractivity contribution in [3.05, 3.63) is 53.2 Å². The molecule has 0 radical (unpaired) electrons. The lowest BCUT2D eigenvalue weighted by Crippen LogP contribution is -2.09. The lowest BCUT2D eigenvalue weighted by atomic mass is 10.2. The number of carbonyl (C=O) groups excluding carboxylic acids is 1. The van der Waals surface area contributed by atoms with Crippen molar-refractivity contribution < 1.29 is 14.1 Å². The maximum atomic E-state index is 12.0. The maximum absolute atomic E-state index is 12.0. The lowest BCUT2D eigenvalue weighted by Gasteiger charge is -2.04. The fourth-order valence-corrected chi connectivity index (χ4v) is 1.98. The molecule has 0 spiro atoms. The molecule has 0 aliphatic carbocycles. The van der Waals surface area contributed by atoms with E-state index in [-0.39, 0.29) is 12.3 Å². The van der Waals surface area contributed by atoms with Crippen LogP contribution in [-0.4, -0.2) is 21.1 Å². The van der Waals surface area contributed by atoms with Gasteiger partial charge in [-0.2, -0.15) is 0 Å². The van der Waals surface area contributed by atoms with Crippen LogP contribution in [0.15, 0.2) is 35.0 Å². The van der Waals surface area contributed by atoms with Gasteiger partial charge in [0.15, 0.2) is 5.69 Å². The van der Waals surface area contributed by atoms with E-state index in [4.69, 9.17) is 9.26 Å². The normalized spacial score (nSPS) is 10.8. The molecule has 0 aliphatic rings. The highest BCUT2D eigenvalue weighted by molar-refractivity contribution is 5.89. The molecular formula is C15H13N3O3. The molecule has 6 nitrogen and oxygen atoms in total. The van der Waals surface area contributed by atoms with E-state index in [2.05, 4.69) is 15.1 Å². The number of carbonyl (C=O) groups is 1. The van der Waals surface area contributed by atoms with Crippen LogP contribution >= 0.6 is 0 Å². The topological polar surface area (TPSA) is 78.1 Å². The van der Waals surface area contributed by atoms with E-state index in [9.17, 15) is 4.79 Å². The van der Waals surface area contributed by atoms with Gasteiger partial charge in [-0.1, -0.05) is 17.3 Å². The summed E-state index contributed by atoms with van der Waals surface area (Å²) in [6.07, 6.45) is 1.41. The SMILES string of the molecule is Cc1noc(C)c1COC(=O)c1cnc2ccccc2n1. The van der Waals surface area contributed by atoms with Gasteiger partial charge in [0.1, 0.15) is 12.4 Å². The third kappa shape index (κ3) is 2.60. The molecule has 0 unspecified atom stereocenters. The molecule has 0 fully saturated rings. The molecule has 0 saturated heterocycles. The van der Waals surface area contributed by atoms with E-state index < -0.39 is 5.97 Å². The summed E-state index contributed by atoms with van der Waals surface area (Å²) in [5.41, 5.74) is 3.06. The highest BCUT2D eigenvalue weighted by Crippen LogP contribution is 2.15. The third-order valence-electron chi connectivity index (χ3n) is 3.19. The van der Waals surface area contributed by atoms with Gasteiger partial charge in [0.2, 0.25) is 0 Å². The Kier molecular flexibility index (Phi) is 3.35. The van der Waals surface area contributed by atoms with E-state index in [1.165, 1.54) is 6.20 Å². The Morgan fingerprint density at radius 3 is 2.71 bits per heavy atom. The number of aryl methyl sites for hydroxylation is 2. The fourth-order valence-electron chi connectivity index (χ4n) is 1.98. The zero-order chi connectivity index (χ0) is 14.8. The van der Waals surface area contributed by atoms with Gasteiger partial charge in [-0.3, -0.25) is 4.98 Å². The summed E-state index contributed by atoms with van der Waals surface area (Å²) in [6, 6.07) is 7.34. The predicted octanol–water partition coefficient (Wildman–Crippen LogP) is 2.59. The van der Waals surface area contributed by atoms with Gasteiger partial charge in [-0.05, 0) is 26.0 Å². The molecule has 0 aliphatic heterocycles. The van der Waals surface area contributed by atoms with Crippen LogP contribution in [0.1, 0.15) is 27.5 Å². The van der Waals surface area contributed by atoms with Crippen molar-refractivity contribution >= 4 is 17.0 Å². The molecule has 0 N–H and O–H groups in total. The van der Waals surface area contributed by atoms with Gasteiger partial charge in [0.05, 0.1) is 28.5 Å². The lowest BCUT2D eigenvalue weighted by molar-refractivity contribution is 0.0464. The van der Waals surface area contributed by atoms with Gasteiger partial charge in [0, 0.05) is 0 Å². The predicted molar refractivity (Wildman–Crippen MR) is 74.6 cm³/mol. The highest BCUT2D eigenvalue weighted by Gasteiger charge is 2.14. The summed E-state index contributed by atoms with van der Waals surface area (Å²) in [6.45, 7) is 3.68. The number of fused-ring (bicyclic) bond motifs is 1. The van der Waals surface area contributed by atoms with Crippen molar-refractivity contribution in [2.75, 3.05) is 0 Å². The number of hydrogen-bond acceptors (Lipinski definition) is 6. The van der Waals surface area contributed by atoms with Crippen LogP contribution in [0, 0.1) is 13.8 Å². The van der Waals surface area contributed by atoms with Crippen LogP contribution in [0.2, 0.25) is 0 Å². The van der Waals surface area contributed by atoms with E-state index in [1.807, 2.05) is 18.2 Å². The van der Waals surface area contributed by atoms with Crippen molar-refractivity contribution in [2.45, 2.75) is 20.5 Å². The van der Waals surface area contributed by atoms with E-state index >= 15 is 0 Å². The number of benzene rings is 1. The summed E-state index contributed by atoms with van der Waals surface area (Å²) in [4.78, 5) is 20.5. The van der Waals surface area contributed by atoms with Crippen LogP contribution in [0.3, 0.4) is 0 Å². The molecule has 0 saturated carbocycles. The number of rotatable bonds is 3. The highest BCUT2D eigenvalue weighted by atomic mass is 16.5. The Labute approximate surface area is 120 Å². The Bertz CT molecular complexity index is 791. The minimum Gasteiger partial charge on any atom is -0.456 e. The second-order valence-corrected chi connectivity index (χ2v) is 4.62. The van der Waals surface area contributed by atoms with Crippen LogP contribution in [0.25, 0.3) is 11.0 Å². The van der Waals surface area contributed by atoms with Crippen LogP contribution in [-0.2, 0) is 11.3 Å². The summed E-state index contributed by atoms with van der Waals surface area (Å²) < 4.78 is 10.3. The first kappa shape index (κ1) is 13.2. The second-order valence-electron chi connectivity index (χ2n) is 4.62. The van der Waals surface area contributed by atoms with Crippen LogP contribution < -0.4 is 0 Å². The average molecular weight is 283 g/mol. The molecule has 2 aromatic heterocycles. The Hall–Kier alpha value is -2.76.